The van der Waals surface area contributed by atoms with Crippen LogP contribution in [0.15, 0.2) is 39.8 Å². The Balaban J connectivity index is 1.24. The van der Waals surface area contributed by atoms with Gasteiger partial charge in [0.2, 0.25) is 11.8 Å². The number of nitrogens with zero attached hydrogens (tertiary/aromatic N) is 4. The summed E-state index contributed by atoms with van der Waals surface area (Å²) in [6, 6.07) is 8.81. The first-order chi connectivity index (χ1) is 15.0. The lowest BCUT2D eigenvalue weighted by Gasteiger charge is -2.40. The number of rotatable bonds is 7. The third-order valence-corrected chi connectivity index (χ3v) is 7.84. The van der Waals surface area contributed by atoms with Gasteiger partial charge in [0.05, 0.1) is 4.90 Å². The predicted molar refractivity (Wildman–Crippen MR) is 115 cm³/mol. The predicted octanol–water partition coefficient (Wildman–Crippen LogP) is 2.45. The fraction of sp³-hybridized carbons (Fsp3) is 0.591. The number of sulfone groups is 1. The lowest BCUT2D eigenvalue weighted by atomic mass is 9.99. The van der Waals surface area contributed by atoms with Crippen molar-refractivity contribution in [2.75, 3.05) is 26.2 Å². The van der Waals surface area contributed by atoms with Gasteiger partial charge in [-0.1, -0.05) is 29.8 Å². The van der Waals surface area contributed by atoms with Gasteiger partial charge in [0.1, 0.15) is 5.75 Å². The highest BCUT2D eigenvalue weighted by Gasteiger charge is 2.27. The highest BCUT2D eigenvalue weighted by atomic mass is 32.2. The Hall–Kier alpha value is -2.26. The van der Waals surface area contributed by atoms with E-state index in [1.165, 1.54) is 32.4 Å². The van der Waals surface area contributed by atoms with Gasteiger partial charge in [0.25, 0.3) is 0 Å². The normalized spacial score (nSPS) is 18.9. The van der Waals surface area contributed by atoms with Crippen LogP contribution in [-0.4, -0.2) is 66.5 Å². The Kier molecular flexibility index (Phi) is 7.02. The van der Waals surface area contributed by atoms with Crippen LogP contribution in [0.1, 0.15) is 50.2 Å². The SMILES string of the molecule is O=C(CCc1nc(CS(=O)(=O)c2ccccc2)no1)N1CCC(N2CCCCC2)CC1. The molecule has 0 radical (unpaired) electrons. The zero-order valence-electron chi connectivity index (χ0n) is 17.8. The van der Waals surface area contributed by atoms with E-state index in [1.807, 2.05) is 4.90 Å². The molecular weight excluding hydrogens is 416 g/mol. The summed E-state index contributed by atoms with van der Waals surface area (Å²) >= 11 is 0. The molecule has 168 valence electrons. The van der Waals surface area contributed by atoms with E-state index in [4.69, 9.17) is 4.52 Å². The van der Waals surface area contributed by atoms with E-state index in [-0.39, 0.29) is 22.4 Å². The van der Waals surface area contributed by atoms with Crippen molar-refractivity contribution in [3.05, 3.63) is 42.0 Å². The second kappa shape index (κ2) is 9.91. The van der Waals surface area contributed by atoms with Gasteiger partial charge in [-0.15, -0.1) is 0 Å². The van der Waals surface area contributed by atoms with E-state index in [2.05, 4.69) is 15.0 Å². The molecule has 2 aliphatic rings. The second-order valence-electron chi connectivity index (χ2n) is 8.39. The fourth-order valence-corrected chi connectivity index (χ4v) is 5.66. The van der Waals surface area contributed by atoms with Crippen LogP contribution in [0.4, 0.5) is 0 Å². The van der Waals surface area contributed by atoms with Crippen molar-refractivity contribution < 1.29 is 17.7 Å². The van der Waals surface area contributed by atoms with Crippen LogP contribution in [0.25, 0.3) is 0 Å². The van der Waals surface area contributed by atoms with Crippen LogP contribution < -0.4 is 0 Å². The molecule has 0 aliphatic carbocycles. The molecule has 0 unspecified atom stereocenters. The average molecular weight is 447 g/mol. The monoisotopic (exact) mass is 446 g/mol. The van der Waals surface area contributed by atoms with Crippen LogP contribution in [0.2, 0.25) is 0 Å². The zero-order valence-corrected chi connectivity index (χ0v) is 18.6. The van der Waals surface area contributed by atoms with Gasteiger partial charge >= 0.3 is 0 Å². The van der Waals surface area contributed by atoms with E-state index in [1.54, 1.807) is 30.3 Å². The maximum Gasteiger partial charge on any atom is 0.227 e. The summed E-state index contributed by atoms with van der Waals surface area (Å²) in [6.45, 7) is 3.98. The van der Waals surface area contributed by atoms with E-state index in [9.17, 15) is 13.2 Å². The molecule has 2 saturated heterocycles. The molecule has 0 bridgehead atoms. The van der Waals surface area contributed by atoms with Crippen molar-refractivity contribution in [2.45, 2.75) is 61.6 Å². The highest BCUT2D eigenvalue weighted by Crippen LogP contribution is 2.21. The number of aryl methyl sites for hydroxylation is 1. The van der Waals surface area contributed by atoms with Gasteiger partial charge in [0.15, 0.2) is 15.7 Å². The molecule has 31 heavy (non-hydrogen) atoms. The van der Waals surface area contributed by atoms with Crippen LogP contribution in [0, 0.1) is 0 Å². The number of piperidine rings is 2. The van der Waals surface area contributed by atoms with Gasteiger partial charge in [0, 0.05) is 32.0 Å². The van der Waals surface area contributed by atoms with Crippen molar-refractivity contribution in [3.8, 4) is 0 Å². The van der Waals surface area contributed by atoms with Crippen molar-refractivity contribution >= 4 is 15.7 Å². The highest BCUT2D eigenvalue weighted by molar-refractivity contribution is 7.90. The quantitative estimate of drug-likeness (QED) is 0.644. The van der Waals surface area contributed by atoms with Crippen molar-refractivity contribution in [2.24, 2.45) is 0 Å². The molecule has 9 heteroatoms. The summed E-state index contributed by atoms with van der Waals surface area (Å²) in [4.78, 5) is 21.5. The first kappa shape index (κ1) is 22.0. The van der Waals surface area contributed by atoms with Gasteiger partial charge in [-0.2, -0.15) is 4.98 Å². The second-order valence-corrected chi connectivity index (χ2v) is 10.4. The first-order valence-corrected chi connectivity index (χ1v) is 12.8. The molecule has 2 fully saturated rings. The Morgan fingerprint density at radius 3 is 2.45 bits per heavy atom. The topological polar surface area (TPSA) is 96.6 Å². The maximum atomic E-state index is 12.6. The molecule has 3 heterocycles. The molecular formula is C22H30N4O4S. The standard InChI is InChI=1S/C22H30N4O4S/c27-22(26-15-11-18(12-16-26)25-13-5-2-6-14-25)10-9-21-23-20(24-30-21)17-31(28,29)19-7-3-1-4-8-19/h1,3-4,7-8,18H,2,5-6,9-17H2. The van der Waals surface area contributed by atoms with Crippen LogP contribution >= 0.6 is 0 Å². The van der Waals surface area contributed by atoms with Crippen LogP contribution in [-0.2, 0) is 26.8 Å². The number of carbonyl (C=O) groups is 1. The molecule has 1 amide bonds. The Morgan fingerprint density at radius 1 is 1.03 bits per heavy atom. The van der Waals surface area contributed by atoms with E-state index < -0.39 is 9.84 Å². The minimum Gasteiger partial charge on any atom is -0.343 e. The summed E-state index contributed by atoms with van der Waals surface area (Å²) in [5.41, 5.74) is 0. The third kappa shape index (κ3) is 5.71. The summed E-state index contributed by atoms with van der Waals surface area (Å²) < 4.78 is 30.1. The van der Waals surface area contributed by atoms with Crippen molar-refractivity contribution in [1.82, 2.24) is 19.9 Å². The molecule has 0 N–H and O–H groups in total. The van der Waals surface area contributed by atoms with Gasteiger partial charge < -0.3 is 14.3 Å². The maximum absolute atomic E-state index is 12.6. The van der Waals surface area contributed by atoms with E-state index >= 15 is 0 Å². The number of benzene rings is 1. The molecule has 2 aromatic rings. The third-order valence-electron chi connectivity index (χ3n) is 6.21. The summed E-state index contributed by atoms with van der Waals surface area (Å²) in [6.07, 6.45) is 6.60. The van der Waals surface area contributed by atoms with Crippen LogP contribution in [0.5, 0.6) is 0 Å². The minimum absolute atomic E-state index is 0.0914. The largest absolute Gasteiger partial charge is 0.343 e. The zero-order chi connectivity index (χ0) is 21.7. The number of carbonyl (C=O) groups excluding carboxylic acids is 1. The van der Waals surface area contributed by atoms with E-state index in [0.29, 0.717) is 24.8 Å². The van der Waals surface area contributed by atoms with E-state index in [0.717, 1.165) is 25.9 Å². The molecule has 1 aromatic carbocycles. The Labute approximate surface area is 183 Å². The van der Waals surface area contributed by atoms with Crippen LogP contribution in [0.3, 0.4) is 0 Å². The first-order valence-electron chi connectivity index (χ1n) is 11.1. The van der Waals surface area contributed by atoms with Gasteiger partial charge in [-0.25, -0.2) is 8.42 Å². The number of likely N-dealkylation sites (tertiary alicyclic amines) is 2. The summed E-state index contributed by atoms with van der Waals surface area (Å²) in [5.74, 6) is 0.190. The minimum atomic E-state index is -3.53. The molecule has 1 aromatic heterocycles. The Bertz CT molecular complexity index is 962. The number of aromatic nitrogens is 2. The molecule has 0 spiro atoms. The number of hydrogen-bond acceptors (Lipinski definition) is 7. The number of amides is 1. The lowest BCUT2D eigenvalue weighted by Crippen LogP contribution is -2.48. The smallest absolute Gasteiger partial charge is 0.227 e. The van der Waals surface area contributed by atoms with Crippen molar-refractivity contribution in [3.63, 3.8) is 0 Å². The number of hydrogen-bond donors (Lipinski definition) is 0. The molecule has 4 rings (SSSR count). The molecule has 0 saturated carbocycles. The summed E-state index contributed by atoms with van der Waals surface area (Å²) in [5, 5.41) is 3.78. The lowest BCUT2D eigenvalue weighted by molar-refractivity contribution is -0.132. The summed E-state index contributed by atoms with van der Waals surface area (Å²) in [7, 11) is -3.53. The average Bonchev–Trinajstić information content (AvgIpc) is 3.25. The molecule has 2 aliphatic heterocycles. The van der Waals surface area contributed by atoms with Gasteiger partial charge in [-0.05, 0) is 50.9 Å². The molecule has 8 nitrogen and oxygen atoms in total. The Morgan fingerprint density at radius 2 is 1.74 bits per heavy atom. The molecule has 0 atom stereocenters. The fourth-order valence-electron chi connectivity index (χ4n) is 4.47. The van der Waals surface area contributed by atoms with Crippen molar-refractivity contribution in [1.29, 1.82) is 0 Å². The van der Waals surface area contributed by atoms with Gasteiger partial charge in [-0.3, -0.25) is 4.79 Å².